The van der Waals surface area contributed by atoms with Crippen molar-refractivity contribution >= 4 is 81.3 Å². The second kappa shape index (κ2) is 14.8. The summed E-state index contributed by atoms with van der Waals surface area (Å²) < 4.78 is 4.22. The largest absolute Gasteiger partial charge is 0.321 e. The topological polar surface area (TPSA) is 113 Å². The number of anilines is 2. The summed E-state index contributed by atoms with van der Waals surface area (Å²) in [5.74, 6) is -0.319. The van der Waals surface area contributed by atoms with Crippen LogP contribution in [0, 0.1) is 0 Å². The highest BCUT2D eigenvalue weighted by Gasteiger charge is 2.19. The fraction of sp³-hybridized carbons (Fsp3) is 0.138. The Balaban J connectivity index is 1.46. The van der Waals surface area contributed by atoms with Crippen molar-refractivity contribution in [2.45, 2.75) is 29.1 Å². The molecule has 0 saturated carbocycles. The minimum Gasteiger partial charge on any atom is -0.321 e. The van der Waals surface area contributed by atoms with E-state index in [1.807, 2.05) is 13.0 Å². The summed E-state index contributed by atoms with van der Waals surface area (Å²) in [6.07, 6.45) is 1.53. The molecule has 1 unspecified atom stereocenters. The molecule has 4 aromatic rings. The highest BCUT2D eigenvalue weighted by molar-refractivity contribution is 8.00. The van der Waals surface area contributed by atoms with Crippen LogP contribution in [0.5, 0.6) is 0 Å². The first kappa shape index (κ1) is 30.3. The van der Waals surface area contributed by atoms with Crippen molar-refractivity contribution in [3.8, 4) is 0 Å². The third-order valence-corrected chi connectivity index (χ3v) is 8.33. The Morgan fingerprint density at radius 1 is 1.00 bits per heavy atom. The Kier molecular flexibility index (Phi) is 11.0. The van der Waals surface area contributed by atoms with Crippen molar-refractivity contribution in [2.24, 2.45) is 0 Å². The Morgan fingerprint density at radius 3 is 2.51 bits per heavy atom. The summed E-state index contributed by atoms with van der Waals surface area (Å²) in [6, 6.07) is 22.8. The van der Waals surface area contributed by atoms with Crippen molar-refractivity contribution in [3.63, 3.8) is 0 Å². The van der Waals surface area contributed by atoms with Crippen LogP contribution in [0.3, 0.4) is 0 Å². The van der Waals surface area contributed by atoms with Gasteiger partial charge in [0.2, 0.25) is 16.2 Å². The lowest BCUT2D eigenvalue weighted by atomic mass is 10.1. The van der Waals surface area contributed by atoms with Gasteiger partial charge in [0.15, 0.2) is 0 Å². The lowest BCUT2D eigenvalue weighted by molar-refractivity contribution is -0.115. The van der Waals surface area contributed by atoms with Gasteiger partial charge in [-0.2, -0.15) is 9.36 Å². The number of hydrogen-bond donors (Lipinski definition) is 3. The normalized spacial score (nSPS) is 11.9. The van der Waals surface area contributed by atoms with Crippen LogP contribution >= 0.6 is 46.7 Å². The van der Waals surface area contributed by atoms with Crippen LogP contribution in [0.15, 0.2) is 94.6 Å². The quantitative estimate of drug-likeness (QED) is 0.124. The molecule has 3 amide bonds. The highest BCUT2D eigenvalue weighted by atomic mass is 35.5. The van der Waals surface area contributed by atoms with E-state index in [1.165, 1.54) is 29.6 Å². The van der Waals surface area contributed by atoms with Crippen LogP contribution < -0.4 is 16.0 Å². The van der Waals surface area contributed by atoms with E-state index in [-0.39, 0.29) is 11.6 Å². The lowest BCUT2D eigenvalue weighted by Crippen LogP contribution is -2.30. The smallest absolute Gasteiger partial charge is 0.272 e. The fourth-order valence-corrected chi connectivity index (χ4v) is 5.84. The van der Waals surface area contributed by atoms with Crippen LogP contribution in [0.2, 0.25) is 5.02 Å². The second-order valence-electron chi connectivity index (χ2n) is 8.45. The minimum absolute atomic E-state index is 0.0235. The molecule has 0 spiro atoms. The Bertz CT molecular complexity index is 1560. The van der Waals surface area contributed by atoms with Gasteiger partial charge in [0.05, 0.1) is 5.25 Å². The van der Waals surface area contributed by atoms with Gasteiger partial charge < -0.3 is 10.6 Å². The maximum Gasteiger partial charge on any atom is 0.272 e. The zero-order chi connectivity index (χ0) is 29.2. The molecule has 12 heteroatoms. The van der Waals surface area contributed by atoms with Crippen LogP contribution in [0.1, 0.15) is 29.8 Å². The van der Waals surface area contributed by atoms with E-state index in [0.717, 1.165) is 22.2 Å². The fourth-order valence-electron chi connectivity index (χ4n) is 3.45. The average Bonchev–Trinajstić information content (AvgIpc) is 3.41. The zero-order valence-corrected chi connectivity index (χ0v) is 25.3. The van der Waals surface area contributed by atoms with Gasteiger partial charge in [-0.25, -0.2) is 0 Å². The average molecular weight is 624 g/mol. The van der Waals surface area contributed by atoms with Crippen LogP contribution in [-0.2, 0) is 9.59 Å². The van der Waals surface area contributed by atoms with Crippen molar-refractivity contribution in [1.29, 1.82) is 0 Å². The number of carbonyl (C=O) groups excluding carboxylic acids is 3. The van der Waals surface area contributed by atoms with E-state index in [4.69, 9.17) is 11.6 Å². The van der Waals surface area contributed by atoms with Crippen molar-refractivity contribution in [3.05, 3.63) is 101 Å². The maximum atomic E-state index is 13.4. The van der Waals surface area contributed by atoms with Gasteiger partial charge in [-0.05, 0) is 60.7 Å². The van der Waals surface area contributed by atoms with Gasteiger partial charge in [-0.3, -0.25) is 19.7 Å². The summed E-state index contributed by atoms with van der Waals surface area (Å²) in [5, 5.41) is 9.44. The predicted octanol–water partition coefficient (Wildman–Crippen LogP) is 6.83. The van der Waals surface area contributed by atoms with E-state index >= 15 is 0 Å². The van der Waals surface area contributed by atoms with E-state index in [9.17, 15) is 14.4 Å². The van der Waals surface area contributed by atoms with E-state index < -0.39 is 17.1 Å². The van der Waals surface area contributed by atoms with E-state index in [2.05, 4.69) is 25.3 Å². The van der Waals surface area contributed by atoms with Crippen molar-refractivity contribution < 1.29 is 14.4 Å². The second-order valence-corrected chi connectivity index (χ2v) is 12.3. The molecular formula is C29H26ClN5O3S3. The summed E-state index contributed by atoms with van der Waals surface area (Å²) >= 11 is 10.3. The van der Waals surface area contributed by atoms with Gasteiger partial charge in [0.1, 0.15) is 5.70 Å². The van der Waals surface area contributed by atoms with Crippen molar-refractivity contribution in [1.82, 2.24) is 14.7 Å². The van der Waals surface area contributed by atoms with Gasteiger partial charge in [0.25, 0.3) is 11.8 Å². The minimum atomic E-state index is -0.529. The molecule has 8 nitrogen and oxygen atoms in total. The molecule has 0 saturated heterocycles. The van der Waals surface area contributed by atoms with Crippen LogP contribution in [-0.4, -0.2) is 38.1 Å². The van der Waals surface area contributed by atoms with Crippen LogP contribution in [0.25, 0.3) is 6.08 Å². The zero-order valence-electron chi connectivity index (χ0n) is 22.1. The molecule has 0 fully saturated rings. The molecule has 0 aliphatic rings. The molecular weight excluding hydrogens is 598 g/mol. The number of benzene rings is 3. The molecule has 0 bridgehead atoms. The lowest BCUT2D eigenvalue weighted by Gasteiger charge is -2.14. The molecule has 3 N–H and O–H groups in total. The molecule has 0 radical (unpaired) electrons. The SMILES string of the molecule is CCSc1nsc(NC(=O)C(C)Sc2cccc(NC(=O)/C(=C\c3ccccc3Cl)NC(=O)c3ccccc3)c2)n1. The first-order chi connectivity index (χ1) is 19.8. The summed E-state index contributed by atoms with van der Waals surface area (Å²) in [4.78, 5) is 44.1. The number of hydrogen-bond acceptors (Lipinski definition) is 8. The number of amides is 3. The van der Waals surface area contributed by atoms with Gasteiger partial charge in [-0.1, -0.05) is 72.8 Å². The first-order valence-electron chi connectivity index (χ1n) is 12.5. The highest BCUT2D eigenvalue weighted by Crippen LogP contribution is 2.28. The monoisotopic (exact) mass is 623 g/mol. The van der Waals surface area contributed by atoms with Crippen LogP contribution in [0.4, 0.5) is 10.8 Å². The number of nitrogens with one attached hydrogen (secondary N) is 3. The number of rotatable bonds is 11. The third-order valence-electron chi connectivity index (χ3n) is 5.42. The molecule has 1 heterocycles. The Hall–Kier alpha value is -3.64. The molecule has 1 aromatic heterocycles. The Morgan fingerprint density at radius 2 is 1.76 bits per heavy atom. The Labute approximate surface area is 255 Å². The number of nitrogens with zero attached hydrogens (tertiary/aromatic N) is 2. The first-order valence-corrected chi connectivity index (χ1v) is 15.5. The standard InChI is InChI=1S/C29H26ClN5O3S3/c1-3-39-29-34-28(41-35-29)33-25(36)18(2)40-22-14-9-13-21(17-22)31-27(38)24(16-20-12-7-8-15-23(20)30)32-26(37)19-10-5-4-6-11-19/h4-18H,3H2,1-2H3,(H,31,38)(H,32,37)(H,33,34,35,36)/b24-16+. The third kappa shape index (κ3) is 8.92. The number of halogens is 1. The number of carbonyl (C=O) groups is 3. The molecule has 0 aliphatic heterocycles. The molecule has 0 aliphatic carbocycles. The van der Waals surface area contributed by atoms with Gasteiger partial charge >= 0.3 is 0 Å². The van der Waals surface area contributed by atoms with E-state index in [0.29, 0.717) is 32.1 Å². The number of aromatic nitrogens is 2. The maximum absolute atomic E-state index is 13.4. The molecule has 210 valence electrons. The summed E-state index contributed by atoms with van der Waals surface area (Å²) in [7, 11) is 0. The molecule has 3 aromatic carbocycles. The summed E-state index contributed by atoms with van der Waals surface area (Å²) in [6.45, 7) is 3.80. The number of thioether (sulfide) groups is 2. The van der Waals surface area contributed by atoms with Crippen molar-refractivity contribution in [2.75, 3.05) is 16.4 Å². The predicted molar refractivity (Wildman–Crippen MR) is 169 cm³/mol. The summed E-state index contributed by atoms with van der Waals surface area (Å²) in [5.41, 5.74) is 1.50. The van der Waals surface area contributed by atoms with E-state index in [1.54, 1.807) is 79.7 Å². The molecule has 41 heavy (non-hydrogen) atoms. The molecule has 4 rings (SSSR count). The molecule has 1 atom stereocenters. The van der Waals surface area contributed by atoms with Gasteiger partial charge in [0, 0.05) is 32.7 Å². The van der Waals surface area contributed by atoms with Gasteiger partial charge in [-0.15, -0.1) is 11.8 Å².